The van der Waals surface area contributed by atoms with Gasteiger partial charge in [0.15, 0.2) is 0 Å². The van der Waals surface area contributed by atoms with Gasteiger partial charge in [-0.15, -0.1) is 0 Å². The van der Waals surface area contributed by atoms with Crippen LogP contribution in [0.15, 0.2) is 58.0 Å². The third-order valence-corrected chi connectivity index (χ3v) is 5.42. The fraction of sp³-hybridized carbons (Fsp3) is 0. The molecule has 2 aromatic carbocycles. The van der Waals surface area contributed by atoms with E-state index in [1.165, 1.54) is 24.3 Å². The summed E-state index contributed by atoms with van der Waals surface area (Å²) in [6.07, 6.45) is 0. The zero-order valence-electron chi connectivity index (χ0n) is 11.6. The normalized spacial score (nSPS) is 16.0. The minimum atomic E-state index is -3.81. The summed E-state index contributed by atoms with van der Waals surface area (Å²) in [5.41, 5.74) is 0.908. The highest BCUT2D eigenvalue weighted by Crippen LogP contribution is 2.43. The molecule has 0 unspecified atom stereocenters. The van der Waals surface area contributed by atoms with Crippen molar-refractivity contribution in [2.45, 2.75) is 9.79 Å². The van der Waals surface area contributed by atoms with Gasteiger partial charge in [0, 0.05) is 5.57 Å². The molecule has 6 heteroatoms. The number of allylic oxidation sites excluding steroid dienone is 1. The quantitative estimate of drug-likeness (QED) is 0.471. The number of fused-ring (bicyclic) bond motifs is 2. The molecule has 23 heavy (non-hydrogen) atoms. The first-order valence-electron chi connectivity index (χ1n) is 6.45. The summed E-state index contributed by atoms with van der Waals surface area (Å²) < 4.78 is 25.6. The van der Waals surface area contributed by atoms with E-state index in [1.54, 1.807) is 18.2 Å². The van der Waals surface area contributed by atoms with Crippen LogP contribution < -0.4 is 0 Å². The smallest absolute Gasteiger partial charge is 0.226 e. The van der Waals surface area contributed by atoms with Crippen molar-refractivity contribution in [1.82, 2.24) is 0 Å². The van der Waals surface area contributed by atoms with E-state index in [9.17, 15) is 13.7 Å². The van der Waals surface area contributed by atoms with E-state index in [2.05, 4.69) is 4.85 Å². The van der Waals surface area contributed by atoms with E-state index in [4.69, 9.17) is 11.8 Å². The van der Waals surface area contributed by atoms with Gasteiger partial charge in [0.05, 0.1) is 34.1 Å². The molecule has 0 fully saturated rings. The van der Waals surface area contributed by atoms with Crippen LogP contribution >= 0.6 is 0 Å². The molecule has 0 N–H and O–H groups in total. The summed E-state index contributed by atoms with van der Waals surface area (Å²) in [6.45, 7) is 7.20. The molecular formula is C17H7N3O2S. The average molecular weight is 317 g/mol. The zero-order valence-corrected chi connectivity index (χ0v) is 12.4. The van der Waals surface area contributed by atoms with Gasteiger partial charge in [0.2, 0.25) is 9.84 Å². The predicted molar refractivity (Wildman–Crippen MR) is 81.3 cm³/mol. The van der Waals surface area contributed by atoms with Crippen molar-refractivity contribution in [3.05, 3.63) is 76.3 Å². The molecule has 0 saturated carbocycles. The molecule has 0 aliphatic carbocycles. The highest BCUT2D eigenvalue weighted by atomic mass is 32.2. The number of benzene rings is 2. The summed E-state index contributed by atoms with van der Waals surface area (Å²) in [7, 11) is -3.81. The standard InChI is InChI=1S/C17H7N3O2S/c1-20-14(10-19)17-12-4-2-3-5-15(12)23(21,22)16-8-11(9-18)6-7-13(16)17/h2-8H/b17-14+. The number of rotatable bonds is 0. The Labute approximate surface area is 133 Å². The minimum absolute atomic E-state index is 0.0361. The molecule has 0 aromatic heterocycles. The Morgan fingerprint density at radius 2 is 1.74 bits per heavy atom. The van der Waals surface area contributed by atoms with E-state index in [0.717, 1.165) is 0 Å². The van der Waals surface area contributed by atoms with Gasteiger partial charge in [-0.05, 0) is 29.3 Å². The topological polar surface area (TPSA) is 86.1 Å². The first kappa shape index (κ1) is 14.5. The summed E-state index contributed by atoms with van der Waals surface area (Å²) in [5, 5.41) is 18.3. The van der Waals surface area contributed by atoms with Crippen molar-refractivity contribution in [2.24, 2.45) is 0 Å². The van der Waals surface area contributed by atoms with Crippen LogP contribution in [0.25, 0.3) is 10.4 Å². The molecule has 0 saturated heterocycles. The molecule has 1 aliphatic rings. The molecule has 0 amide bonds. The summed E-state index contributed by atoms with van der Waals surface area (Å²) >= 11 is 0. The van der Waals surface area contributed by atoms with Crippen molar-refractivity contribution in [3.63, 3.8) is 0 Å². The predicted octanol–water partition coefficient (Wildman–Crippen LogP) is 2.91. The van der Waals surface area contributed by atoms with Gasteiger partial charge >= 0.3 is 0 Å². The van der Waals surface area contributed by atoms with Gasteiger partial charge in [0.1, 0.15) is 0 Å². The van der Waals surface area contributed by atoms with Crippen molar-refractivity contribution >= 4 is 15.4 Å². The van der Waals surface area contributed by atoms with Gasteiger partial charge in [-0.25, -0.2) is 18.5 Å². The molecule has 0 radical (unpaired) electrons. The lowest BCUT2D eigenvalue weighted by molar-refractivity contribution is 0.594. The highest BCUT2D eigenvalue weighted by molar-refractivity contribution is 7.91. The molecule has 0 spiro atoms. The Kier molecular flexibility index (Phi) is 3.22. The fourth-order valence-electron chi connectivity index (χ4n) is 2.58. The Morgan fingerprint density at radius 3 is 2.39 bits per heavy atom. The van der Waals surface area contributed by atoms with Crippen LogP contribution in [0.1, 0.15) is 16.7 Å². The highest BCUT2D eigenvalue weighted by Gasteiger charge is 2.33. The molecule has 5 nitrogen and oxygen atoms in total. The van der Waals surface area contributed by atoms with Crippen molar-refractivity contribution in [2.75, 3.05) is 0 Å². The monoisotopic (exact) mass is 317 g/mol. The number of nitriles is 2. The lowest BCUT2D eigenvalue weighted by Gasteiger charge is -2.23. The van der Waals surface area contributed by atoms with E-state index in [1.807, 2.05) is 12.1 Å². The van der Waals surface area contributed by atoms with Crippen LogP contribution in [0.3, 0.4) is 0 Å². The van der Waals surface area contributed by atoms with Crippen LogP contribution in [0.5, 0.6) is 0 Å². The third-order valence-electron chi connectivity index (χ3n) is 3.57. The number of hydrogen-bond acceptors (Lipinski definition) is 4. The summed E-state index contributed by atoms with van der Waals surface area (Å²) in [5.74, 6) is 0. The maximum absolute atomic E-state index is 12.8. The van der Waals surface area contributed by atoms with Crippen LogP contribution in [0.4, 0.5) is 0 Å². The number of hydrogen-bond donors (Lipinski definition) is 0. The largest absolute Gasteiger partial charge is 0.270 e. The molecule has 3 rings (SSSR count). The second kappa shape index (κ2) is 5.10. The third kappa shape index (κ3) is 2.00. The number of nitrogens with zero attached hydrogens (tertiary/aromatic N) is 3. The number of sulfone groups is 1. The van der Waals surface area contributed by atoms with Crippen LogP contribution in [-0.4, -0.2) is 8.42 Å². The second-order valence-corrected chi connectivity index (χ2v) is 6.66. The Morgan fingerprint density at radius 1 is 1.04 bits per heavy atom. The van der Waals surface area contributed by atoms with E-state index < -0.39 is 9.84 Å². The molecule has 2 aromatic rings. The van der Waals surface area contributed by atoms with Gasteiger partial charge in [0.25, 0.3) is 5.70 Å². The van der Waals surface area contributed by atoms with Gasteiger partial charge < -0.3 is 0 Å². The fourth-order valence-corrected chi connectivity index (χ4v) is 4.28. The molecular weight excluding hydrogens is 310 g/mol. The maximum atomic E-state index is 12.8. The van der Waals surface area contributed by atoms with Crippen molar-refractivity contribution < 1.29 is 8.42 Å². The average Bonchev–Trinajstić information content (AvgIpc) is 2.58. The maximum Gasteiger partial charge on any atom is 0.270 e. The van der Waals surface area contributed by atoms with Gasteiger partial charge in [-0.1, -0.05) is 24.3 Å². The first-order chi connectivity index (χ1) is 11.0. The molecule has 108 valence electrons. The van der Waals surface area contributed by atoms with Crippen LogP contribution in [-0.2, 0) is 9.84 Å². The van der Waals surface area contributed by atoms with Crippen molar-refractivity contribution in [3.8, 4) is 12.1 Å². The second-order valence-electron chi connectivity index (χ2n) is 4.77. The Bertz CT molecular complexity index is 1090. The SMILES string of the molecule is [C-]#[N+]/C(C#N)=C1\c2ccccc2S(=O)(=O)c2cc(C#N)ccc21. The molecule has 0 atom stereocenters. The Hall–Kier alpha value is -3.40. The molecule has 0 bridgehead atoms. The van der Waals surface area contributed by atoms with Gasteiger partial charge in [-0.2, -0.15) is 5.26 Å². The zero-order chi connectivity index (χ0) is 16.6. The molecule has 1 aliphatic heterocycles. The van der Waals surface area contributed by atoms with Crippen LogP contribution in [0.2, 0.25) is 0 Å². The van der Waals surface area contributed by atoms with Gasteiger partial charge in [-0.3, -0.25) is 0 Å². The lowest BCUT2D eigenvalue weighted by Crippen LogP contribution is -2.15. The first-order valence-corrected chi connectivity index (χ1v) is 7.93. The summed E-state index contributed by atoms with van der Waals surface area (Å²) in [4.78, 5) is 3.21. The summed E-state index contributed by atoms with van der Waals surface area (Å²) in [6, 6.07) is 14.2. The van der Waals surface area contributed by atoms with Crippen molar-refractivity contribution in [1.29, 1.82) is 10.5 Å². The van der Waals surface area contributed by atoms with Crippen LogP contribution in [0, 0.1) is 29.2 Å². The van der Waals surface area contributed by atoms with E-state index in [-0.39, 0.29) is 32.2 Å². The molecule has 1 heterocycles. The van der Waals surface area contributed by atoms with E-state index in [0.29, 0.717) is 5.56 Å². The minimum Gasteiger partial charge on any atom is -0.226 e. The Balaban J connectivity index is 2.56. The lowest BCUT2D eigenvalue weighted by atomic mass is 9.94. The van der Waals surface area contributed by atoms with E-state index >= 15 is 0 Å².